The molecule has 2 N–H and O–H groups in total. The summed E-state index contributed by atoms with van der Waals surface area (Å²) in [5, 5.41) is 7.40. The lowest BCUT2D eigenvalue weighted by Crippen LogP contribution is -2.43. The van der Waals surface area contributed by atoms with Gasteiger partial charge in [-0.15, -0.1) is 0 Å². The van der Waals surface area contributed by atoms with Gasteiger partial charge in [-0.2, -0.15) is 0 Å². The van der Waals surface area contributed by atoms with Crippen molar-refractivity contribution in [1.29, 1.82) is 0 Å². The molecule has 0 aromatic heterocycles. The molecule has 26 heavy (non-hydrogen) atoms. The van der Waals surface area contributed by atoms with Gasteiger partial charge < -0.3 is 15.5 Å². The van der Waals surface area contributed by atoms with Crippen LogP contribution in [0.25, 0.3) is 0 Å². The lowest BCUT2D eigenvalue weighted by Gasteiger charge is -2.32. The fourth-order valence-corrected chi connectivity index (χ4v) is 4.77. The van der Waals surface area contributed by atoms with Crippen molar-refractivity contribution in [2.24, 2.45) is 5.92 Å². The Balaban J connectivity index is 1.32. The summed E-state index contributed by atoms with van der Waals surface area (Å²) in [5.41, 5.74) is 6.51. The van der Waals surface area contributed by atoms with Gasteiger partial charge in [-0.1, -0.05) is 30.3 Å². The maximum atomic E-state index is 11.2. The molecule has 5 rings (SSSR count). The maximum absolute atomic E-state index is 11.2. The average molecular weight is 347 g/mol. The number of hydrogen-bond donors (Lipinski definition) is 2. The van der Waals surface area contributed by atoms with E-state index in [1.54, 1.807) is 0 Å². The summed E-state index contributed by atoms with van der Waals surface area (Å²) < 4.78 is 0. The summed E-state index contributed by atoms with van der Waals surface area (Å²) >= 11 is 0. The largest absolute Gasteiger partial charge is 0.363 e. The van der Waals surface area contributed by atoms with Crippen molar-refractivity contribution in [2.45, 2.75) is 43.8 Å². The molecule has 4 nitrogen and oxygen atoms in total. The number of nitrogens with one attached hydrogen (secondary N) is 2. The van der Waals surface area contributed by atoms with E-state index in [0.717, 1.165) is 19.3 Å². The first-order valence-corrected chi connectivity index (χ1v) is 9.49. The molecule has 0 saturated heterocycles. The Morgan fingerprint density at radius 1 is 1.08 bits per heavy atom. The predicted molar refractivity (Wildman–Crippen MR) is 104 cm³/mol. The molecule has 2 aromatic rings. The summed E-state index contributed by atoms with van der Waals surface area (Å²) in [6.45, 7) is 2.17. The topological polar surface area (TPSA) is 44.4 Å². The number of carbonyl (C=O) groups excluding carboxylic acids is 1. The van der Waals surface area contributed by atoms with Gasteiger partial charge in [0.1, 0.15) is 0 Å². The van der Waals surface area contributed by atoms with Gasteiger partial charge in [0.15, 0.2) is 0 Å². The highest BCUT2D eigenvalue weighted by Gasteiger charge is 2.46. The van der Waals surface area contributed by atoms with Crippen molar-refractivity contribution < 1.29 is 4.79 Å². The van der Waals surface area contributed by atoms with E-state index < -0.39 is 0 Å². The fraction of sp³-hybridized carbons (Fsp3) is 0.409. The van der Waals surface area contributed by atoms with Crippen molar-refractivity contribution in [2.75, 3.05) is 17.7 Å². The van der Waals surface area contributed by atoms with Crippen LogP contribution in [0.1, 0.15) is 36.0 Å². The Kier molecular flexibility index (Phi) is 3.33. The summed E-state index contributed by atoms with van der Waals surface area (Å²) in [6.07, 6.45) is 4.36. The van der Waals surface area contributed by atoms with Crippen LogP contribution in [0.4, 0.5) is 11.4 Å². The zero-order valence-electron chi connectivity index (χ0n) is 15.3. The predicted octanol–water partition coefficient (Wildman–Crippen LogP) is 3.60. The smallest absolute Gasteiger partial charge is 0.209 e. The van der Waals surface area contributed by atoms with Gasteiger partial charge in [0.05, 0.1) is 17.5 Å². The van der Waals surface area contributed by atoms with Gasteiger partial charge in [0.2, 0.25) is 6.41 Å². The second-order valence-corrected chi connectivity index (χ2v) is 8.42. The SMILES string of the molecule is CN(C=O)C1(C)Cc2cc3c(cc2C1)NC(C1CC1c1ccccc1)N3. The van der Waals surface area contributed by atoms with Crippen molar-refractivity contribution in [3.05, 3.63) is 59.2 Å². The van der Waals surface area contributed by atoms with Gasteiger partial charge in [0, 0.05) is 18.5 Å². The zero-order chi connectivity index (χ0) is 17.9. The normalized spacial score (nSPS) is 25.0. The highest BCUT2D eigenvalue weighted by molar-refractivity contribution is 5.77. The molecule has 1 amide bonds. The molecular formula is C22H25N3O. The molecule has 2 unspecified atom stereocenters. The van der Waals surface area contributed by atoms with Crippen LogP contribution in [0.3, 0.4) is 0 Å². The Bertz CT molecular complexity index is 828. The van der Waals surface area contributed by atoms with Crippen molar-refractivity contribution in [3.63, 3.8) is 0 Å². The fourth-order valence-electron chi connectivity index (χ4n) is 4.77. The number of fused-ring (bicyclic) bond motifs is 2. The first-order chi connectivity index (χ1) is 12.6. The number of rotatable bonds is 4. The van der Waals surface area contributed by atoms with E-state index in [1.807, 2.05) is 11.9 Å². The van der Waals surface area contributed by atoms with E-state index in [2.05, 4.69) is 60.0 Å². The quantitative estimate of drug-likeness (QED) is 0.831. The lowest BCUT2D eigenvalue weighted by atomic mass is 9.97. The van der Waals surface area contributed by atoms with E-state index in [4.69, 9.17) is 0 Å². The van der Waals surface area contributed by atoms with Gasteiger partial charge >= 0.3 is 0 Å². The molecule has 4 heteroatoms. The van der Waals surface area contributed by atoms with Crippen LogP contribution in [-0.2, 0) is 17.6 Å². The second kappa shape index (κ2) is 5.50. The molecule has 3 aliphatic rings. The Morgan fingerprint density at radius 2 is 1.69 bits per heavy atom. The molecule has 134 valence electrons. The van der Waals surface area contributed by atoms with Crippen LogP contribution in [0, 0.1) is 5.92 Å². The van der Waals surface area contributed by atoms with Crippen molar-refractivity contribution in [3.8, 4) is 0 Å². The minimum Gasteiger partial charge on any atom is -0.363 e. The van der Waals surface area contributed by atoms with Crippen LogP contribution in [0.5, 0.6) is 0 Å². The molecule has 1 fully saturated rings. The number of hydrogen-bond acceptors (Lipinski definition) is 3. The third-order valence-corrected chi connectivity index (χ3v) is 6.61. The average Bonchev–Trinajstić information content (AvgIpc) is 3.24. The van der Waals surface area contributed by atoms with Crippen LogP contribution in [0.15, 0.2) is 42.5 Å². The van der Waals surface area contributed by atoms with E-state index in [-0.39, 0.29) is 5.54 Å². The van der Waals surface area contributed by atoms with Gasteiger partial charge in [-0.3, -0.25) is 4.79 Å². The summed E-state index contributed by atoms with van der Waals surface area (Å²) in [7, 11) is 1.88. The highest BCUT2D eigenvalue weighted by Crippen LogP contribution is 2.52. The van der Waals surface area contributed by atoms with E-state index >= 15 is 0 Å². The third-order valence-electron chi connectivity index (χ3n) is 6.61. The summed E-state index contributed by atoms with van der Waals surface area (Å²) in [4.78, 5) is 13.0. The van der Waals surface area contributed by atoms with Crippen LogP contribution < -0.4 is 10.6 Å². The highest BCUT2D eigenvalue weighted by atomic mass is 16.1. The van der Waals surface area contributed by atoms with Gasteiger partial charge in [-0.05, 0) is 60.9 Å². The monoisotopic (exact) mass is 347 g/mol. The molecular weight excluding hydrogens is 322 g/mol. The second-order valence-electron chi connectivity index (χ2n) is 8.42. The van der Waals surface area contributed by atoms with E-state index in [1.165, 1.54) is 34.5 Å². The van der Waals surface area contributed by atoms with Crippen LogP contribution in [0.2, 0.25) is 0 Å². The van der Waals surface area contributed by atoms with Crippen molar-refractivity contribution >= 4 is 17.8 Å². The number of carbonyl (C=O) groups is 1. The van der Waals surface area contributed by atoms with E-state index in [0.29, 0.717) is 18.0 Å². The Morgan fingerprint density at radius 3 is 2.27 bits per heavy atom. The first kappa shape index (κ1) is 15.7. The standard InChI is InChI=1S/C22H25N3O/c1-22(25(2)13-26)11-15-8-19-20(9-16(15)12-22)24-21(23-19)18-10-17(18)14-6-4-3-5-7-14/h3-9,13,17-18,21,23-24H,10-12H2,1-2H3. The molecule has 1 aliphatic heterocycles. The molecule has 0 bridgehead atoms. The zero-order valence-corrected chi connectivity index (χ0v) is 15.3. The molecule has 2 atom stereocenters. The van der Waals surface area contributed by atoms with Gasteiger partial charge in [0.25, 0.3) is 0 Å². The lowest BCUT2D eigenvalue weighted by molar-refractivity contribution is -0.121. The Labute approximate surface area is 154 Å². The number of likely N-dealkylation sites (N-methyl/N-ethyl adjacent to an activating group) is 1. The van der Waals surface area contributed by atoms with E-state index in [9.17, 15) is 4.79 Å². The first-order valence-electron chi connectivity index (χ1n) is 9.49. The maximum Gasteiger partial charge on any atom is 0.209 e. The number of amides is 1. The number of benzene rings is 2. The molecule has 1 heterocycles. The molecule has 2 aliphatic carbocycles. The van der Waals surface area contributed by atoms with Crippen LogP contribution in [-0.4, -0.2) is 30.1 Å². The molecule has 0 radical (unpaired) electrons. The summed E-state index contributed by atoms with van der Waals surface area (Å²) in [6, 6.07) is 15.4. The Hall–Kier alpha value is -2.49. The van der Waals surface area contributed by atoms with Crippen LogP contribution >= 0.6 is 0 Å². The third kappa shape index (κ3) is 2.39. The minimum atomic E-state index is -0.104. The van der Waals surface area contributed by atoms with Crippen molar-refractivity contribution in [1.82, 2.24) is 4.90 Å². The van der Waals surface area contributed by atoms with Gasteiger partial charge in [-0.25, -0.2) is 0 Å². The molecule has 2 aromatic carbocycles. The number of anilines is 2. The molecule has 0 spiro atoms. The molecule has 1 saturated carbocycles. The summed E-state index contributed by atoms with van der Waals surface area (Å²) in [5.74, 6) is 1.30. The minimum absolute atomic E-state index is 0.104. The number of nitrogens with zero attached hydrogens (tertiary/aromatic N) is 1.